The van der Waals surface area contributed by atoms with Gasteiger partial charge in [0.25, 0.3) is 0 Å². The summed E-state index contributed by atoms with van der Waals surface area (Å²) >= 11 is 0. The van der Waals surface area contributed by atoms with Gasteiger partial charge < -0.3 is 15.4 Å². The van der Waals surface area contributed by atoms with E-state index in [1.54, 1.807) is 7.11 Å². The highest BCUT2D eigenvalue weighted by Gasteiger charge is 2.31. The minimum Gasteiger partial charge on any atom is -0.496 e. The first-order valence-corrected chi connectivity index (χ1v) is 8.88. The predicted octanol–water partition coefficient (Wildman–Crippen LogP) is 2.13. The summed E-state index contributed by atoms with van der Waals surface area (Å²) in [4.78, 5) is 6.89. The van der Waals surface area contributed by atoms with Crippen LogP contribution in [-0.2, 0) is 6.42 Å². The molecule has 5 nitrogen and oxygen atoms in total. The zero-order valence-electron chi connectivity index (χ0n) is 15.7. The first-order chi connectivity index (χ1) is 11.5. The highest BCUT2D eigenvalue weighted by atomic mass is 16.5. The molecule has 134 valence electrons. The highest BCUT2D eigenvalue weighted by molar-refractivity contribution is 5.80. The average Bonchev–Trinajstić information content (AvgIpc) is 2.95. The van der Waals surface area contributed by atoms with Crippen molar-refractivity contribution in [3.05, 3.63) is 29.8 Å². The van der Waals surface area contributed by atoms with Crippen molar-refractivity contribution in [3.8, 4) is 5.75 Å². The lowest BCUT2D eigenvalue weighted by Crippen LogP contribution is -2.47. The third-order valence-corrected chi connectivity index (χ3v) is 4.80. The van der Waals surface area contributed by atoms with E-state index in [-0.39, 0.29) is 0 Å². The molecule has 0 spiro atoms. The summed E-state index contributed by atoms with van der Waals surface area (Å²) in [5.41, 5.74) is 1.21. The van der Waals surface area contributed by atoms with Crippen molar-refractivity contribution >= 4 is 5.96 Å². The molecule has 1 aliphatic rings. The molecule has 0 aromatic heterocycles. The third kappa shape index (κ3) is 4.87. The lowest BCUT2D eigenvalue weighted by Gasteiger charge is -2.22. The monoisotopic (exact) mass is 332 g/mol. The highest BCUT2D eigenvalue weighted by Crippen LogP contribution is 2.19. The van der Waals surface area contributed by atoms with Gasteiger partial charge in [0.2, 0.25) is 0 Å². The number of hydrogen-bond acceptors (Lipinski definition) is 3. The quantitative estimate of drug-likeness (QED) is 0.619. The number of methoxy groups -OCH3 is 1. The number of likely N-dealkylation sites (tertiary alicyclic amines) is 1. The SMILES string of the molecule is CN=C(NCCc1ccccc1OC)NC1CN(C(C)C)CC1C. The van der Waals surface area contributed by atoms with Crippen LogP contribution in [0.3, 0.4) is 0 Å². The van der Waals surface area contributed by atoms with Crippen LogP contribution >= 0.6 is 0 Å². The summed E-state index contributed by atoms with van der Waals surface area (Å²) in [6.45, 7) is 9.88. The van der Waals surface area contributed by atoms with Crippen LogP contribution in [0.4, 0.5) is 0 Å². The Bertz CT molecular complexity index is 544. The molecule has 1 heterocycles. The summed E-state index contributed by atoms with van der Waals surface area (Å²) in [5.74, 6) is 2.45. The number of nitrogens with zero attached hydrogens (tertiary/aromatic N) is 2. The normalized spacial score (nSPS) is 22.0. The van der Waals surface area contributed by atoms with Crippen molar-refractivity contribution in [2.24, 2.45) is 10.9 Å². The molecule has 5 heteroatoms. The Morgan fingerprint density at radius 1 is 1.33 bits per heavy atom. The van der Waals surface area contributed by atoms with E-state index in [1.165, 1.54) is 5.56 Å². The third-order valence-electron chi connectivity index (χ3n) is 4.80. The van der Waals surface area contributed by atoms with Crippen molar-refractivity contribution in [2.45, 2.75) is 39.3 Å². The lowest BCUT2D eigenvalue weighted by atomic mass is 10.1. The van der Waals surface area contributed by atoms with Gasteiger partial charge in [0.1, 0.15) is 5.75 Å². The van der Waals surface area contributed by atoms with Gasteiger partial charge in [-0.2, -0.15) is 0 Å². The zero-order valence-corrected chi connectivity index (χ0v) is 15.7. The fourth-order valence-corrected chi connectivity index (χ4v) is 3.21. The smallest absolute Gasteiger partial charge is 0.191 e. The maximum atomic E-state index is 5.41. The summed E-state index contributed by atoms with van der Waals surface area (Å²) in [7, 11) is 3.55. The molecule has 0 radical (unpaired) electrons. The van der Waals surface area contributed by atoms with Crippen LogP contribution in [0.1, 0.15) is 26.3 Å². The molecule has 1 saturated heterocycles. The maximum absolute atomic E-state index is 5.41. The Kier molecular flexibility index (Phi) is 6.91. The molecular formula is C19H32N4O. The van der Waals surface area contributed by atoms with E-state index < -0.39 is 0 Å². The predicted molar refractivity (Wildman–Crippen MR) is 101 cm³/mol. The van der Waals surface area contributed by atoms with Gasteiger partial charge in [-0.15, -0.1) is 0 Å². The van der Waals surface area contributed by atoms with E-state index >= 15 is 0 Å². The number of aliphatic imine (C=N–C) groups is 1. The number of hydrogen-bond donors (Lipinski definition) is 2. The van der Waals surface area contributed by atoms with Crippen LogP contribution in [0, 0.1) is 5.92 Å². The van der Waals surface area contributed by atoms with Crippen LogP contribution in [0.2, 0.25) is 0 Å². The molecule has 2 atom stereocenters. The van der Waals surface area contributed by atoms with Crippen LogP contribution < -0.4 is 15.4 Å². The van der Waals surface area contributed by atoms with E-state index in [1.807, 2.05) is 25.2 Å². The molecule has 1 aromatic carbocycles. The molecule has 0 saturated carbocycles. The van der Waals surface area contributed by atoms with Gasteiger partial charge in [-0.05, 0) is 37.8 Å². The van der Waals surface area contributed by atoms with E-state index in [2.05, 4.69) is 47.4 Å². The lowest BCUT2D eigenvalue weighted by molar-refractivity contribution is 0.265. The van der Waals surface area contributed by atoms with Gasteiger partial charge in [0.15, 0.2) is 5.96 Å². The molecule has 1 aromatic rings. The van der Waals surface area contributed by atoms with Crippen molar-refractivity contribution in [1.82, 2.24) is 15.5 Å². The summed E-state index contributed by atoms with van der Waals surface area (Å²) < 4.78 is 5.41. The number of benzene rings is 1. The molecule has 0 amide bonds. The molecule has 0 bridgehead atoms. The van der Waals surface area contributed by atoms with Crippen molar-refractivity contribution in [3.63, 3.8) is 0 Å². The summed E-state index contributed by atoms with van der Waals surface area (Å²) in [6.07, 6.45) is 0.906. The topological polar surface area (TPSA) is 48.9 Å². The van der Waals surface area contributed by atoms with Gasteiger partial charge in [-0.3, -0.25) is 9.89 Å². The number of ether oxygens (including phenoxy) is 1. The second-order valence-electron chi connectivity index (χ2n) is 6.84. The Labute approximate surface area is 146 Å². The molecule has 2 unspecified atom stereocenters. The van der Waals surface area contributed by atoms with Gasteiger partial charge >= 0.3 is 0 Å². The molecule has 2 rings (SSSR count). The Hall–Kier alpha value is -1.75. The van der Waals surface area contributed by atoms with Crippen LogP contribution in [0.15, 0.2) is 29.3 Å². The van der Waals surface area contributed by atoms with Crippen LogP contribution in [0.25, 0.3) is 0 Å². The van der Waals surface area contributed by atoms with Gasteiger partial charge in [0.05, 0.1) is 7.11 Å². The van der Waals surface area contributed by atoms with Crippen molar-refractivity contribution in [2.75, 3.05) is 33.8 Å². The molecule has 1 fully saturated rings. The fourth-order valence-electron chi connectivity index (χ4n) is 3.21. The summed E-state index contributed by atoms with van der Waals surface area (Å²) in [6, 6.07) is 9.20. The van der Waals surface area contributed by atoms with Crippen molar-refractivity contribution < 1.29 is 4.74 Å². The van der Waals surface area contributed by atoms with E-state index in [4.69, 9.17) is 4.74 Å². The minimum atomic E-state index is 0.449. The van der Waals surface area contributed by atoms with Crippen LogP contribution in [-0.4, -0.2) is 56.7 Å². The number of guanidine groups is 1. The number of para-hydroxylation sites is 1. The largest absolute Gasteiger partial charge is 0.496 e. The number of rotatable bonds is 6. The van der Waals surface area contributed by atoms with E-state index in [0.29, 0.717) is 18.0 Å². The van der Waals surface area contributed by atoms with Gasteiger partial charge in [0, 0.05) is 38.8 Å². The molecular weight excluding hydrogens is 300 g/mol. The van der Waals surface area contributed by atoms with Gasteiger partial charge in [-0.1, -0.05) is 25.1 Å². The maximum Gasteiger partial charge on any atom is 0.191 e. The standard InChI is InChI=1S/C19H32N4O/c1-14(2)23-12-15(3)17(13-23)22-19(20-4)21-11-10-16-8-6-7-9-18(16)24-5/h6-9,14-15,17H,10-13H2,1-5H3,(H2,20,21,22). The van der Waals surface area contributed by atoms with Crippen molar-refractivity contribution in [1.29, 1.82) is 0 Å². The summed E-state index contributed by atoms with van der Waals surface area (Å²) in [5, 5.41) is 7.01. The zero-order chi connectivity index (χ0) is 17.5. The second-order valence-corrected chi connectivity index (χ2v) is 6.84. The first-order valence-electron chi connectivity index (χ1n) is 8.88. The average molecular weight is 332 g/mol. The number of nitrogens with one attached hydrogen (secondary N) is 2. The Morgan fingerprint density at radius 2 is 2.08 bits per heavy atom. The second kappa shape index (κ2) is 8.92. The molecule has 2 N–H and O–H groups in total. The Balaban J connectivity index is 1.83. The fraction of sp³-hybridized carbons (Fsp3) is 0.632. The molecule has 0 aliphatic carbocycles. The molecule has 1 aliphatic heterocycles. The minimum absolute atomic E-state index is 0.449. The van der Waals surface area contributed by atoms with Gasteiger partial charge in [-0.25, -0.2) is 0 Å². The molecule has 24 heavy (non-hydrogen) atoms. The first kappa shape index (κ1) is 18.6. The van der Waals surface area contributed by atoms with E-state index in [9.17, 15) is 0 Å². The van der Waals surface area contributed by atoms with E-state index in [0.717, 1.165) is 37.8 Å². The Morgan fingerprint density at radius 3 is 2.71 bits per heavy atom. The van der Waals surface area contributed by atoms with Crippen LogP contribution in [0.5, 0.6) is 5.75 Å².